The second-order valence-electron chi connectivity index (χ2n) is 4.91. The lowest BCUT2D eigenvalue weighted by Crippen LogP contribution is -2.11. The highest BCUT2D eigenvalue weighted by molar-refractivity contribution is 7.99. The van der Waals surface area contributed by atoms with Gasteiger partial charge in [-0.1, -0.05) is 18.2 Å². The first-order valence-corrected chi connectivity index (χ1v) is 7.68. The molecular formula is C16H17NO2S. The van der Waals surface area contributed by atoms with Gasteiger partial charge in [0.15, 0.2) is 0 Å². The molecule has 1 unspecified atom stereocenters. The Labute approximate surface area is 123 Å². The van der Waals surface area contributed by atoms with Crippen molar-refractivity contribution in [1.29, 1.82) is 0 Å². The number of hydrogen-bond acceptors (Lipinski definition) is 4. The number of aromatic nitrogens is 1. The lowest BCUT2D eigenvalue weighted by atomic mass is 10.0. The van der Waals surface area contributed by atoms with E-state index in [9.17, 15) is 5.11 Å². The molecule has 3 rings (SSSR count). The molecule has 0 aliphatic carbocycles. The van der Waals surface area contributed by atoms with Gasteiger partial charge in [-0.15, -0.1) is 11.8 Å². The molecule has 3 nitrogen and oxygen atoms in total. The average Bonchev–Trinajstić information content (AvgIpc) is 2.89. The van der Waals surface area contributed by atoms with Crippen LogP contribution >= 0.6 is 11.8 Å². The van der Waals surface area contributed by atoms with Gasteiger partial charge in [0.25, 0.3) is 0 Å². The molecule has 1 aromatic heterocycles. The SMILES string of the molecule is Cc1ccc(OCC2CSc3ccccc32)c(CO)n1. The number of aryl methyl sites for hydroxylation is 1. The Morgan fingerprint density at radius 2 is 2.15 bits per heavy atom. The van der Waals surface area contributed by atoms with Crippen molar-refractivity contribution in [2.75, 3.05) is 12.4 Å². The first-order valence-electron chi connectivity index (χ1n) is 6.70. The van der Waals surface area contributed by atoms with Crippen LogP contribution in [0.3, 0.4) is 0 Å². The zero-order chi connectivity index (χ0) is 13.9. The van der Waals surface area contributed by atoms with Crippen molar-refractivity contribution >= 4 is 11.8 Å². The predicted octanol–water partition coefficient (Wildman–Crippen LogP) is 3.15. The summed E-state index contributed by atoms with van der Waals surface area (Å²) in [6.45, 7) is 2.45. The summed E-state index contributed by atoms with van der Waals surface area (Å²) in [5.74, 6) is 2.14. The first-order chi connectivity index (χ1) is 9.78. The van der Waals surface area contributed by atoms with Gasteiger partial charge in [0.2, 0.25) is 0 Å². The molecule has 1 aliphatic rings. The van der Waals surface area contributed by atoms with Gasteiger partial charge in [-0.25, -0.2) is 0 Å². The summed E-state index contributed by atoms with van der Waals surface area (Å²) in [6.07, 6.45) is 0. The number of nitrogens with zero attached hydrogens (tertiary/aromatic N) is 1. The predicted molar refractivity (Wildman–Crippen MR) is 80.3 cm³/mol. The monoisotopic (exact) mass is 287 g/mol. The Bertz CT molecular complexity index is 615. The van der Waals surface area contributed by atoms with E-state index in [1.807, 2.05) is 30.8 Å². The van der Waals surface area contributed by atoms with Crippen LogP contribution in [0.25, 0.3) is 0 Å². The quantitative estimate of drug-likeness (QED) is 0.938. The van der Waals surface area contributed by atoms with Crippen molar-refractivity contribution in [3.63, 3.8) is 0 Å². The minimum absolute atomic E-state index is 0.0903. The van der Waals surface area contributed by atoms with Crippen molar-refractivity contribution in [2.24, 2.45) is 0 Å². The molecule has 0 radical (unpaired) electrons. The van der Waals surface area contributed by atoms with E-state index in [0.29, 0.717) is 24.0 Å². The molecule has 0 amide bonds. The highest BCUT2D eigenvalue weighted by Gasteiger charge is 2.23. The van der Waals surface area contributed by atoms with Crippen LogP contribution in [0, 0.1) is 6.92 Å². The number of rotatable bonds is 4. The van der Waals surface area contributed by atoms with Crippen LogP contribution in [-0.4, -0.2) is 22.5 Å². The lowest BCUT2D eigenvalue weighted by molar-refractivity contribution is 0.252. The minimum Gasteiger partial charge on any atom is -0.491 e. The van der Waals surface area contributed by atoms with Crippen molar-refractivity contribution in [1.82, 2.24) is 4.98 Å². The van der Waals surface area contributed by atoms with E-state index < -0.39 is 0 Å². The zero-order valence-electron chi connectivity index (χ0n) is 11.4. The van der Waals surface area contributed by atoms with Gasteiger partial charge in [-0.3, -0.25) is 4.98 Å². The summed E-state index contributed by atoms with van der Waals surface area (Å²) in [6, 6.07) is 12.3. The summed E-state index contributed by atoms with van der Waals surface area (Å²) >= 11 is 1.88. The summed E-state index contributed by atoms with van der Waals surface area (Å²) in [5.41, 5.74) is 2.87. The van der Waals surface area contributed by atoms with E-state index in [1.54, 1.807) is 0 Å². The van der Waals surface area contributed by atoms with Crippen molar-refractivity contribution in [3.05, 3.63) is 53.3 Å². The largest absolute Gasteiger partial charge is 0.491 e. The summed E-state index contributed by atoms with van der Waals surface area (Å²) in [7, 11) is 0. The summed E-state index contributed by atoms with van der Waals surface area (Å²) in [4.78, 5) is 5.65. The fourth-order valence-corrected chi connectivity index (χ4v) is 3.63. The minimum atomic E-state index is -0.0903. The number of aliphatic hydroxyl groups is 1. The molecule has 0 spiro atoms. The third-order valence-corrected chi connectivity index (χ3v) is 4.71. The zero-order valence-corrected chi connectivity index (χ0v) is 12.2. The Kier molecular flexibility index (Phi) is 3.94. The molecule has 0 saturated heterocycles. The molecule has 104 valence electrons. The second kappa shape index (κ2) is 5.85. The number of thioether (sulfide) groups is 1. The molecule has 2 aromatic rings. The van der Waals surface area contributed by atoms with Crippen molar-refractivity contribution in [3.8, 4) is 5.75 Å². The van der Waals surface area contributed by atoms with E-state index >= 15 is 0 Å². The number of fused-ring (bicyclic) bond motifs is 1. The third kappa shape index (κ3) is 2.67. The average molecular weight is 287 g/mol. The molecule has 0 bridgehead atoms. The maximum Gasteiger partial charge on any atom is 0.143 e. The first kappa shape index (κ1) is 13.5. The van der Waals surface area contributed by atoms with Crippen LogP contribution in [-0.2, 0) is 6.61 Å². The molecule has 0 saturated carbocycles. The van der Waals surface area contributed by atoms with Crippen LogP contribution in [0.2, 0.25) is 0 Å². The number of ether oxygens (including phenoxy) is 1. The van der Waals surface area contributed by atoms with Gasteiger partial charge in [-0.05, 0) is 30.7 Å². The van der Waals surface area contributed by atoms with Crippen LogP contribution in [0.5, 0.6) is 5.75 Å². The van der Waals surface area contributed by atoms with Crippen LogP contribution < -0.4 is 4.74 Å². The molecule has 1 atom stereocenters. The molecule has 0 fully saturated rings. The molecule has 2 heterocycles. The van der Waals surface area contributed by atoms with Crippen LogP contribution in [0.1, 0.15) is 22.9 Å². The smallest absolute Gasteiger partial charge is 0.143 e. The van der Waals surface area contributed by atoms with E-state index in [0.717, 1.165) is 11.4 Å². The second-order valence-corrected chi connectivity index (χ2v) is 5.97. The van der Waals surface area contributed by atoms with Crippen molar-refractivity contribution < 1.29 is 9.84 Å². The molecule has 1 aliphatic heterocycles. The lowest BCUT2D eigenvalue weighted by Gasteiger charge is -2.14. The van der Waals surface area contributed by atoms with Gasteiger partial charge in [-0.2, -0.15) is 0 Å². The Morgan fingerprint density at radius 3 is 3.00 bits per heavy atom. The fourth-order valence-electron chi connectivity index (χ4n) is 2.40. The van der Waals surface area contributed by atoms with E-state index in [2.05, 4.69) is 29.2 Å². The topological polar surface area (TPSA) is 42.4 Å². The van der Waals surface area contributed by atoms with E-state index in [-0.39, 0.29) is 6.61 Å². The molecular weight excluding hydrogens is 270 g/mol. The van der Waals surface area contributed by atoms with Gasteiger partial charge in [0, 0.05) is 22.3 Å². The molecule has 1 aromatic carbocycles. The number of pyridine rings is 1. The van der Waals surface area contributed by atoms with Gasteiger partial charge < -0.3 is 9.84 Å². The summed E-state index contributed by atoms with van der Waals surface area (Å²) in [5, 5.41) is 9.35. The number of hydrogen-bond donors (Lipinski definition) is 1. The standard InChI is InChI=1S/C16H17NO2S/c1-11-6-7-15(14(8-18)17-11)19-9-12-10-20-16-5-3-2-4-13(12)16/h2-7,12,18H,8-10H2,1H3. The van der Waals surface area contributed by atoms with Gasteiger partial charge in [0.05, 0.1) is 13.2 Å². The van der Waals surface area contributed by atoms with Crippen LogP contribution in [0.15, 0.2) is 41.3 Å². The van der Waals surface area contributed by atoms with E-state index in [1.165, 1.54) is 10.5 Å². The fraction of sp³-hybridized carbons (Fsp3) is 0.312. The van der Waals surface area contributed by atoms with Gasteiger partial charge >= 0.3 is 0 Å². The van der Waals surface area contributed by atoms with Crippen LogP contribution in [0.4, 0.5) is 0 Å². The third-order valence-electron chi connectivity index (χ3n) is 3.46. The van der Waals surface area contributed by atoms with Crippen molar-refractivity contribution in [2.45, 2.75) is 24.3 Å². The maximum absolute atomic E-state index is 9.35. The summed E-state index contributed by atoms with van der Waals surface area (Å²) < 4.78 is 5.89. The molecule has 1 N–H and O–H groups in total. The molecule has 4 heteroatoms. The highest BCUT2D eigenvalue weighted by atomic mass is 32.2. The number of aliphatic hydroxyl groups excluding tert-OH is 1. The normalized spacial score (nSPS) is 17.0. The number of benzene rings is 1. The Balaban J connectivity index is 1.72. The van der Waals surface area contributed by atoms with E-state index in [4.69, 9.17) is 4.74 Å². The maximum atomic E-state index is 9.35. The Morgan fingerprint density at radius 1 is 1.30 bits per heavy atom. The Hall–Kier alpha value is -1.52. The van der Waals surface area contributed by atoms with Gasteiger partial charge in [0.1, 0.15) is 11.4 Å². The highest BCUT2D eigenvalue weighted by Crippen LogP contribution is 2.39. The molecule has 20 heavy (non-hydrogen) atoms.